The molecule has 1 rings (SSSR count). The van der Waals surface area contributed by atoms with Crippen LogP contribution in [0.15, 0.2) is 35.2 Å². The maximum atomic E-state index is 11.5. The van der Waals surface area contributed by atoms with Gasteiger partial charge in [-0.2, -0.15) is 0 Å². The van der Waals surface area contributed by atoms with Gasteiger partial charge in [0, 0.05) is 4.90 Å². The number of hydrogen-bond donors (Lipinski definition) is 0. The molecule has 3 nitrogen and oxygen atoms in total. The van der Waals surface area contributed by atoms with Crippen molar-refractivity contribution in [3.63, 3.8) is 0 Å². The van der Waals surface area contributed by atoms with Crippen LogP contribution in [-0.2, 0) is 14.3 Å². The maximum absolute atomic E-state index is 11.5. The SMILES string of the molecule is CC(C)(C)C(=O)OCC(=O)CSc1ccccc1. The highest BCUT2D eigenvalue weighted by Crippen LogP contribution is 2.18. The first-order chi connectivity index (χ1) is 8.39. The van der Waals surface area contributed by atoms with Gasteiger partial charge in [0.2, 0.25) is 0 Å². The number of carbonyl (C=O) groups is 2. The third-order valence-electron chi connectivity index (χ3n) is 2.12. The maximum Gasteiger partial charge on any atom is 0.311 e. The van der Waals surface area contributed by atoms with E-state index in [1.165, 1.54) is 11.8 Å². The lowest BCUT2D eigenvalue weighted by molar-refractivity contribution is -0.155. The van der Waals surface area contributed by atoms with Gasteiger partial charge in [-0.15, -0.1) is 11.8 Å². The second kappa shape index (κ2) is 6.59. The highest BCUT2D eigenvalue weighted by molar-refractivity contribution is 8.00. The van der Waals surface area contributed by atoms with E-state index in [2.05, 4.69) is 0 Å². The van der Waals surface area contributed by atoms with E-state index < -0.39 is 5.41 Å². The number of ketones is 1. The van der Waals surface area contributed by atoms with Gasteiger partial charge in [0.25, 0.3) is 0 Å². The lowest BCUT2D eigenvalue weighted by Gasteiger charge is -2.15. The summed E-state index contributed by atoms with van der Waals surface area (Å²) in [6.07, 6.45) is 0. The van der Waals surface area contributed by atoms with E-state index in [0.717, 1.165) is 4.90 Å². The van der Waals surface area contributed by atoms with Crippen molar-refractivity contribution < 1.29 is 14.3 Å². The molecule has 0 unspecified atom stereocenters. The molecule has 0 spiro atoms. The van der Waals surface area contributed by atoms with Crippen LogP contribution in [0.25, 0.3) is 0 Å². The first kappa shape index (κ1) is 14.8. The predicted molar refractivity (Wildman–Crippen MR) is 72.6 cm³/mol. The molecular weight excluding hydrogens is 248 g/mol. The van der Waals surface area contributed by atoms with Crippen LogP contribution in [0.2, 0.25) is 0 Å². The summed E-state index contributed by atoms with van der Waals surface area (Å²) < 4.78 is 4.95. The normalized spacial score (nSPS) is 11.1. The summed E-state index contributed by atoms with van der Waals surface area (Å²) in [4.78, 5) is 24.0. The Hall–Kier alpha value is -1.29. The lowest BCUT2D eigenvalue weighted by atomic mass is 9.97. The molecule has 0 atom stereocenters. The zero-order valence-electron chi connectivity index (χ0n) is 10.9. The van der Waals surface area contributed by atoms with Crippen LogP contribution >= 0.6 is 11.8 Å². The summed E-state index contributed by atoms with van der Waals surface area (Å²) in [6, 6.07) is 9.66. The van der Waals surface area contributed by atoms with Crippen LogP contribution in [0.5, 0.6) is 0 Å². The molecule has 0 aliphatic heterocycles. The molecule has 0 saturated heterocycles. The summed E-state index contributed by atoms with van der Waals surface area (Å²) in [5.41, 5.74) is -0.563. The summed E-state index contributed by atoms with van der Waals surface area (Å²) in [6.45, 7) is 5.14. The molecule has 18 heavy (non-hydrogen) atoms. The zero-order valence-corrected chi connectivity index (χ0v) is 11.8. The molecule has 0 fully saturated rings. The quantitative estimate of drug-likeness (QED) is 0.607. The number of hydrogen-bond acceptors (Lipinski definition) is 4. The summed E-state index contributed by atoms with van der Waals surface area (Å²) in [5, 5.41) is 0. The number of carbonyl (C=O) groups excluding carboxylic acids is 2. The average Bonchev–Trinajstić information content (AvgIpc) is 2.33. The highest BCUT2D eigenvalue weighted by Gasteiger charge is 2.23. The van der Waals surface area contributed by atoms with E-state index in [4.69, 9.17) is 4.74 Å². The fourth-order valence-corrected chi connectivity index (χ4v) is 1.85. The molecule has 0 aliphatic rings. The van der Waals surface area contributed by atoms with Crippen molar-refractivity contribution in [1.29, 1.82) is 0 Å². The molecule has 0 aliphatic carbocycles. The Morgan fingerprint density at radius 3 is 2.33 bits per heavy atom. The third kappa shape index (κ3) is 5.36. The van der Waals surface area contributed by atoms with Crippen molar-refractivity contribution in [2.75, 3.05) is 12.4 Å². The van der Waals surface area contributed by atoms with Crippen molar-refractivity contribution >= 4 is 23.5 Å². The molecule has 0 N–H and O–H groups in total. The van der Waals surface area contributed by atoms with Crippen molar-refractivity contribution in [2.45, 2.75) is 25.7 Å². The molecular formula is C14H18O3S. The number of rotatable bonds is 5. The van der Waals surface area contributed by atoms with Crippen LogP contribution in [-0.4, -0.2) is 24.1 Å². The number of ether oxygens (including phenoxy) is 1. The van der Waals surface area contributed by atoms with Gasteiger partial charge >= 0.3 is 5.97 Å². The van der Waals surface area contributed by atoms with Gasteiger partial charge in [-0.1, -0.05) is 18.2 Å². The molecule has 0 bridgehead atoms. The average molecular weight is 266 g/mol. The van der Waals surface area contributed by atoms with Crippen LogP contribution in [0.4, 0.5) is 0 Å². The highest BCUT2D eigenvalue weighted by atomic mass is 32.2. The van der Waals surface area contributed by atoms with Gasteiger partial charge in [-0.3, -0.25) is 9.59 Å². The van der Waals surface area contributed by atoms with E-state index in [0.29, 0.717) is 5.75 Å². The van der Waals surface area contributed by atoms with Gasteiger partial charge < -0.3 is 4.74 Å². The van der Waals surface area contributed by atoms with Crippen molar-refractivity contribution in [2.24, 2.45) is 5.41 Å². The molecule has 1 aromatic carbocycles. The van der Waals surface area contributed by atoms with Crippen molar-refractivity contribution in [3.8, 4) is 0 Å². The molecule has 1 aromatic rings. The van der Waals surface area contributed by atoms with Crippen LogP contribution < -0.4 is 0 Å². The molecule has 4 heteroatoms. The summed E-state index contributed by atoms with van der Waals surface area (Å²) in [5.74, 6) is -0.108. The molecule has 0 amide bonds. The van der Waals surface area contributed by atoms with E-state index in [1.807, 2.05) is 30.3 Å². The zero-order chi connectivity index (χ0) is 13.6. The second-order valence-electron chi connectivity index (χ2n) is 4.97. The molecule has 0 radical (unpaired) electrons. The molecule has 0 heterocycles. The number of esters is 1. The van der Waals surface area contributed by atoms with Gasteiger partial charge in [-0.25, -0.2) is 0 Å². The van der Waals surface area contributed by atoms with Crippen LogP contribution in [0.1, 0.15) is 20.8 Å². The van der Waals surface area contributed by atoms with Gasteiger partial charge in [0.05, 0.1) is 11.2 Å². The van der Waals surface area contributed by atoms with Crippen LogP contribution in [0.3, 0.4) is 0 Å². The van der Waals surface area contributed by atoms with Gasteiger partial charge in [0.15, 0.2) is 12.4 Å². The fourth-order valence-electron chi connectivity index (χ4n) is 1.08. The Labute approximate surface area is 112 Å². The minimum absolute atomic E-state index is 0.0820. The minimum atomic E-state index is -0.563. The predicted octanol–water partition coefficient (Wildman–Crippen LogP) is 2.94. The van der Waals surface area contributed by atoms with Gasteiger partial charge in [0.1, 0.15) is 0 Å². The molecule has 0 saturated carbocycles. The lowest BCUT2D eigenvalue weighted by Crippen LogP contribution is -2.26. The first-order valence-electron chi connectivity index (χ1n) is 5.76. The summed E-state index contributed by atoms with van der Waals surface area (Å²) >= 11 is 1.45. The Morgan fingerprint density at radius 2 is 1.78 bits per heavy atom. The summed E-state index contributed by atoms with van der Waals surface area (Å²) in [7, 11) is 0. The molecule has 98 valence electrons. The first-order valence-corrected chi connectivity index (χ1v) is 6.75. The smallest absolute Gasteiger partial charge is 0.311 e. The van der Waals surface area contributed by atoms with E-state index >= 15 is 0 Å². The fraction of sp³-hybridized carbons (Fsp3) is 0.429. The Bertz CT molecular complexity index is 407. The number of thioether (sulfide) groups is 1. The van der Waals surface area contributed by atoms with E-state index in [1.54, 1.807) is 20.8 Å². The van der Waals surface area contributed by atoms with E-state index in [9.17, 15) is 9.59 Å². The molecule has 0 aromatic heterocycles. The second-order valence-corrected chi connectivity index (χ2v) is 6.02. The Kier molecular flexibility index (Phi) is 5.41. The standard InChI is InChI=1S/C14H18O3S/c1-14(2,3)13(16)17-9-11(15)10-18-12-7-5-4-6-8-12/h4-8H,9-10H2,1-3H3. The number of Topliss-reactive ketones (excluding diaryl/α,β-unsaturated/α-hetero) is 1. The largest absolute Gasteiger partial charge is 0.457 e. The van der Waals surface area contributed by atoms with Crippen LogP contribution in [0, 0.1) is 5.41 Å². The Balaban J connectivity index is 2.29. The topological polar surface area (TPSA) is 43.4 Å². The number of benzene rings is 1. The minimum Gasteiger partial charge on any atom is -0.457 e. The van der Waals surface area contributed by atoms with E-state index in [-0.39, 0.29) is 18.4 Å². The van der Waals surface area contributed by atoms with Crippen molar-refractivity contribution in [3.05, 3.63) is 30.3 Å². The van der Waals surface area contributed by atoms with Crippen molar-refractivity contribution in [1.82, 2.24) is 0 Å². The monoisotopic (exact) mass is 266 g/mol. The third-order valence-corrected chi connectivity index (χ3v) is 3.19. The Morgan fingerprint density at radius 1 is 1.17 bits per heavy atom. The van der Waals surface area contributed by atoms with Gasteiger partial charge in [-0.05, 0) is 32.9 Å².